The average molecular weight is 362 g/mol. The van der Waals surface area contributed by atoms with Crippen LogP contribution in [0, 0.1) is 5.82 Å². The third-order valence-corrected chi connectivity index (χ3v) is 4.29. The summed E-state index contributed by atoms with van der Waals surface area (Å²) in [5.41, 5.74) is -0.120. The Morgan fingerprint density at radius 2 is 1.68 bits per heavy atom. The van der Waals surface area contributed by atoms with Crippen LogP contribution in [0.4, 0.5) is 10.1 Å². The average Bonchev–Trinajstić information content (AvgIpc) is 2.38. The lowest BCUT2D eigenvalue weighted by atomic mass is 10.2. The Balaban J connectivity index is 2.36. The van der Waals surface area contributed by atoms with E-state index in [1.165, 1.54) is 18.2 Å². The van der Waals surface area contributed by atoms with E-state index in [1.54, 1.807) is 0 Å². The lowest BCUT2D eigenvalue weighted by molar-refractivity contribution is 0.102. The standard InChI is InChI=1S/C14H10Cl2FNO3S/c1-22(20,21)11-2-3-12(17)13(7-11)18-14(19)8-4-9(15)6-10(16)5-8/h2-7H,1H3,(H,18,19). The van der Waals surface area contributed by atoms with Crippen LogP contribution < -0.4 is 5.32 Å². The smallest absolute Gasteiger partial charge is 0.255 e. The van der Waals surface area contributed by atoms with Gasteiger partial charge in [0.2, 0.25) is 0 Å². The molecular formula is C14H10Cl2FNO3S. The highest BCUT2D eigenvalue weighted by Crippen LogP contribution is 2.23. The third-order valence-electron chi connectivity index (χ3n) is 2.74. The number of rotatable bonds is 3. The van der Waals surface area contributed by atoms with Crippen LogP contribution in [0.3, 0.4) is 0 Å². The first-order valence-corrected chi connectivity index (χ1v) is 8.58. The van der Waals surface area contributed by atoms with Gasteiger partial charge in [0, 0.05) is 21.9 Å². The molecule has 0 aromatic heterocycles. The van der Waals surface area contributed by atoms with Crippen LogP contribution in [-0.4, -0.2) is 20.6 Å². The summed E-state index contributed by atoms with van der Waals surface area (Å²) in [7, 11) is -3.52. The number of anilines is 1. The predicted molar refractivity (Wildman–Crippen MR) is 83.9 cm³/mol. The van der Waals surface area contributed by atoms with Crippen molar-refractivity contribution in [3.8, 4) is 0 Å². The fourth-order valence-electron chi connectivity index (χ4n) is 1.71. The lowest BCUT2D eigenvalue weighted by Gasteiger charge is -2.09. The van der Waals surface area contributed by atoms with Crippen LogP contribution >= 0.6 is 23.2 Å². The largest absolute Gasteiger partial charge is 0.319 e. The van der Waals surface area contributed by atoms with Gasteiger partial charge < -0.3 is 5.32 Å². The highest BCUT2D eigenvalue weighted by atomic mass is 35.5. The van der Waals surface area contributed by atoms with E-state index < -0.39 is 21.6 Å². The molecule has 0 aliphatic heterocycles. The molecule has 8 heteroatoms. The van der Waals surface area contributed by atoms with Crippen molar-refractivity contribution < 1.29 is 17.6 Å². The first-order chi connectivity index (χ1) is 10.2. The monoisotopic (exact) mass is 361 g/mol. The van der Waals surface area contributed by atoms with Crippen LogP contribution in [0.5, 0.6) is 0 Å². The molecule has 0 fully saturated rings. The summed E-state index contributed by atoms with van der Waals surface area (Å²) < 4.78 is 36.7. The van der Waals surface area contributed by atoms with Gasteiger partial charge in [0.15, 0.2) is 9.84 Å². The molecule has 2 rings (SSSR count). The fraction of sp³-hybridized carbons (Fsp3) is 0.0714. The molecule has 0 radical (unpaired) electrons. The van der Waals surface area contributed by atoms with Gasteiger partial charge in [-0.2, -0.15) is 0 Å². The minimum atomic E-state index is -3.52. The molecule has 2 aromatic carbocycles. The van der Waals surface area contributed by atoms with E-state index in [0.29, 0.717) is 0 Å². The van der Waals surface area contributed by atoms with E-state index in [-0.39, 0.29) is 26.2 Å². The number of hydrogen-bond donors (Lipinski definition) is 1. The number of carbonyl (C=O) groups excluding carboxylic acids is 1. The maximum atomic E-state index is 13.7. The molecule has 116 valence electrons. The third kappa shape index (κ3) is 3.97. The second kappa shape index (κ2) is 6.24. The highest BCUT2D eigenvalue weighted by Gasteiger charge is 2.14. The van der Waals surface area contributed by atoms with Crippen molar-refractivity contribution in [1.82, 2.24) is 0 Å². The van der Waals surface area contributed by atoms with Gasteiger partial charge in [0.25, 0.3) is 5.91 Å². The van der Waals surface area contributed by atoms with Gasteiger partial charge in [-0.15, -0.1) is 0 Å². The van der Waals surface area contributed by atoms with Crippen LogP contribution in [0.25, 0.3) is 0 Å². The Morgan fingerprint density at radius 1 is 1.09 bits per heavy atom. The lowest BCUT2D eigenvalue weighted by Crippen LogP contribution is -2.13. The van der Waals surface area contributed by atoms with Gasteiger partial charge in [-0.05, 0) is 36.4 Å². The minimum Gasteiger partial charge on any atom is -0.319 e. The van der Waals surface area contributed by atoms with Gasteiger partial charge in [-0.3, -0.25) is 4.79 Å². The number of amides is 1. The van der Waals surface area contributed by atoms with Gasteiger partial charge in [-0.1, -0.05) is 23.2 Å². The molecule has 0 unspecified atom stereocenters. The first kappa shape index (κ1) is 16.7. The molecule has 22 heavy (non-hydrogen) atoms. The molecule has 0 saturated heterocycles. The molecule has 0 aliphatic carbocycles. The zero-order chi connectivity index (χ0) is 16.5. The maximum absolute atomic E-state index is 13.7. The van der Waals surface area contributed by atoms with Crippen molar-refractivity contribution in [2.24, 2.45) is 0 Å². The summed E-state index contributed by atoms with van der Waals surface area (Å²) in [4.78, 5) is 12.0. The topological polar surface area (TPSA) is 63.2 Å². The van der Waals surface area contributed by atoms with E-state index in [9.17, 15) is 17.6 Å². The van der Waals surface area contributed by atoms with Crippen molar-refractivity contribution in [3.05, 3.63) is 57.8 Å². The molecule has 0 spiro atoms. The van der Waals surface area contributed by atoms with Crippen LogP contribution in [-0.2, 0) is 9.84 Å². The number of halogens is 3. The van der Waals surface area contributed by atoms with Crippen molar-refractivity contribution in [1.29, 1.82) is 0 Å². The normalized spacial score (nSPS) is 11.3. The number of benzene rings is 2. The Kier molecular flexibility index (Phi) is 4.75. The SMILES string of the molecule is CS(=O)(=O)c1ccc(F)c(NC(=O)c2cc(Cl)cc(Cl)c2)c1. The molecular weight excluding hydrogens is 352 g/mol. The zero-order valence-corrected chi connectivity index (χ0v) is 13.6. The van der Waals surface area contributed by atoms with Crippen LogP contribution in [0.2, 0.25) is 10.0 Å². The Hall–Kier alpha value is -1.63. The Labute approximate surface area is 136 Å². The number of carbonyl (C=O) groups is 1. The van der Waals surface area contributed by atoms with E-state index >= 15 is 0 Å². The molecule has 0 aliphatic rings. The molecule has 1 N–H and O–H groups in total. The first-order valence-electron chi connectivity index (χ1n) is 5.94. The quantitative estimate of drug-likeness (QED) is 0.845. The summed E-state index contributed by atoms with van der Waals surface area (Å²) in [6.45, 7) is 0. The van der Waals surface area contributed by atoms with Crippen molar-refractivity contribution >= 4 is 44.6 Å². The maximum Gasteiger partial charge on any atom is 0.255 e. The van der Waals surface area contributed by atoms with E-state index in [2.05, 4.69) is 5.32 Å². The second-order valence-corrected chi connectivity index (χ2v) is 7.41. The van der Waals surface area contributed by atoms with Crippen LogP contribution in [0.1, 0.15) is 10.4 Å². The predicted octanol–water partition coefficient (Wildman–Crippen LogP) is 3.79. The number of nitrogens with one attached hydrogen (secondary N) is 1. The Bertz CT molecular complexity index is 833. The zero-order valence-electron chi connectivity index (χ0n) is 11.2. The van der Waals surface area contributed by atoms with E-state index in [1.807, 2.05) is 0 Å². The molecule has 0 atom stereocenters. The van der Waals surface area contributed by atoms with Gasteiger partial charge >= 0.3 is 0 Å². The molecule has 2 aromatic rings. The van der Waals surface area contributed by atoms with E-state index in [0.717, 1.165) is 24.5 Å². The number of sulfone groups is 1. The molecule has 1 amide bonds. The summed E-state index contributed by atoms with van der Waals surface area (Å²) in [6.07, 6.45) is 0.989. The van der Waals surface area contributed by atoms with Crippen LogP contribution in [0.15, 0.2) is 41.3 Å². The summed E-state index contributed by atoms with van der Waals surface area (Å²) in [5.74, 6) is -1.41. The van der Waals surface area contributed by atoms with Gasteiger partial charge in [0.1, 0.15) is 5.82 Å². The van der Waals surface area contributed by atoms with Crippen molar-refractivity contribution in [2.45, 2.75) is 4.90 Å². The van der Waals surface area contributed by atoms with Gasteiger partial charge in [0.05, 0.1) is 10.6 Å². The van der Waals surface area contributed by atoms with Crippen molar-refractivity contribution in [2.75, 3.05) is 11.6 Å². The van der Waals surface area contributed by atoms with Crippen molar-refractivity contribution in [3.63, 3.8) is 0 Å². The van der Waals surface area contributed by atoms with E-state index in [4.69, 9.17) is 23.2 Å². The Morgan fingerprint density at radius 3 is 2.23 bits per heavy atom. The minimum absolute atomic E-state index is 0.103. The van der Waals surface area contributed by atoms with Gasteiger partial charge in [-0.25, -0.2) is 12.8 Å². The summed E-state index contributed by atoms with van der Waals surface area (Å²) in [5, 5.41) is 2.80. The second-order valence-electron chi connectivity index (χ2n) is 4.53. The molecule has 0 heterocycles. The molecule has 0 saturated carbocycles. The fourth-order valence-corrected chi connectivity index (χ4v) is 2.88. The summed E-state index contributed by atoms with van der Waals surface area (Å²) >= 11 is 11.6. The highest BCUT2D eigenvalue weighted by molar-refractivity contribution is 7.90. The molecule has 0 bridgehead atoms. The molecule has 4 nitrogen and oxygen atoms in total. The number of hydrogen-bond acceptors (Lipinski definition) is 3. The summed E-state index contributed by atoms with van der Waals surface area (Å²) in [6, 6.07) is 7.31.